The lowest BCUT2D eigenvalue weighted by molar-refractivity contribution is 1.47. The van der Waals surface area contributed by atoms with Gasteiger partial charge in [0.15, 0.2) is 5.11 Å². The molecule has 2 N–H and O–H groups in total. The molecule has 0 saturated heterocycles. The van der Waals surface area contributed by atoms with Gasteiger partial charge in [0, 0.05) is 0 Å². The Kier molecular flexibility index (Phi) is 4.28. The molecule has 5 heteroatoms. The first-order valence-corrected chi connectivity index (χ1v) is 6.21. The molecular formula is C15H10N4S. The summed E-state index contributed by atoms with van der Waals surface area (Å²) in [5.41, 5.74) is 2.26. The van der Waals surface area contributed by atoms with Crippen LogP contribution < -0.4 is 10.6 Å². The predicted molar refractivity (Wildman–Crippen MR) is 82.2 cm³/mol. The standard InChI is InChI=1S/C15H10N4S/c16-9-11-5-1-3-7-13(11)18-15(20)19-14-8-4-2-6-12(14)10-17/h1-8H,(H2,18,19,20). The number of hydrogen-bond donors (Lipinski definition) is 2. The van der Waals surface area contributed by atoms with Gasteiger partial charge in [0.1, 0.15) is 12.1 Å². The van der Waals surface area contributed by atoms with Crippen LogP contribution in [0.4, 0.5) is 11.4 Å². The molecule has 0 saturated carbocycles. The third-order valence-corrected chi connectivity index (χ3v) is 2.80. The summed E-state index contributed by atoms with van der Waals surface area (Å²) >= 11 is 5.19. The minimum Gasteiger partial charge on any atom is -0.331 e. The van der Waals surface area contributed by atoms with Gasteiger partial charge in [-0.05, 0) is 36.5 Å². The Labute approximate surface area is 122 Å². The van der Waals surface area contributed by atoms with Crippen LogP contribution >= 0.6 is 12.2 Å². The van der Waals surface area contributed by atoms with Gasteiger partial charge in [-0.1, -0.05) is 24.3 Å². The van der Waals surface area contributed by atoms with E-state index in [1.807, 2.05) is 12.1 Å². The SMILES string of the molecule is N#Cc1ccccc1NC(=S)Nc1ccccc1C#N. The smallest absolute Gasteiger partial charge is 0.175 e. The maximum atomic E-state index is 9.01. The van der Waals surface area contributed by atoms with Crippen LogP contribution in [0.5, 0.6) is 0 Å². The van der Waals surface area contributed by atoms with Gasteiger partial charge in [-0.2, -0.15) is 10.5 Å². The average Bonchev–Trinajstić information content (AvgIpc) is 2.48. The first-order valence-electron chi connectivity index (χ1n) is 5.81. The molecule has 2 aromatic carbocycles. The summed E-state index contributed by atoms with van der Waals surface area (Å²) < 4.78 is 0. The first-order chi connectivity index (χ1) is 9.74. The normalized spacial score (nSPS) is 9.10. The lowest BCUT2D eigenvalue weighted by Crippen LogP contribution is -2.20. The van der Waals surface area contributed by atoms with Gasteiger partial charge in [-0.15, -0.1) is 0 Å². The predicted octanol–water partition coefficient (Wildman–Crippen LogP) is 3.24. The number of hydrogen-bond acceptors (Lipinski definition) is 3. The summed E-state index contributed by atoms with van der Waals surface area (Å²) in [5.74, 6) is 0. The molecule has 0 radical (unpaired) electrons. The lowest BCUT2D eigenvalue weighted by Gasteiger charge is -2.12. The molecule has 2 aromatic rings. The van der Waals surface area contributed by atoms with E-state index in [1.54, 1.807) is 36.4 Å². The van der Waals surface area contributed by atoms with Crippen LogP contribution in [0, 0.1) is 22.7 Å². The maximum Gasteiger partial charge on any atom is 0.175 e. The van der Waals surface area contributed by atoms with Crippen LogP contribution in [0.1, 0.15) is 11.1 Å². The van der Waals surface area contributed by atoms with Crippen molar-refractivity contribution in [3.8, 4) is 12.1 Å². The number of nitrogens with zero attached hydrogens (tertiary/aromatic N) is 2. The van der Waals surface area contributed by atoms with Crippen LogP contribution in [0.15, 0.2) is 48.5 Å². The van der Waals surface area contributed by atoms with Crippen molar-refractivity contribution in [1.82, 2.24) is 0 Å². The Balaban J connectivity index is 2.14. The van der Waals surface area contributed by atoms with Crippen molar-refractivity contribution in [2.75, 3.05) is 10.6 Å². The molecule has 20 heavy (non-hydrogen) atoms. The van der Waals surface area contributed by atoms with Crippen molar-refractivity contribution in [1.29, 1.82) is 10.5 Å². The molecule has 0 spiro atoms. The Hall–Kier alpha value is -2.89. The minimum absolute atomic E-state index is 0.329. The molecule has 0 aromatic heterocycles. The monoisotopic (exact) mass is 278 g/mol. The molecular weight excluding hydrogens is 268 g/mol. The number of thiocarbonyl (C=S) groups is 1. The fourth-order valence-electron chi connectivity index (χ4n) is 1.66. The second-order valence-corrected chi connectivity index (χ2v) is 4.30. The Morgan fingerprint density at radius 2 is 1.20 bits per heavy atom. The van der Waals surface area contributed by atoms with Gasteiger partial charge in [0.2, 0.25) is 0 Å². The molecule has 0 atom stereocenters. The van der Waals surface area contributed by atoms with E-state index in [-0.39, 0.29) is 0 Å². The van der Waals surface area contributed by atoms with Crippen LogP contribution in [0.3, 0.4) is 0 Å². The van der Waals surface area contributed by atoms with Crippen molar-refractivity contribution >= 4 is 28.7 Å². The van der Waals surface area contributed by atoms with Gasteiger partial charge in [0.25, 0.3) is 0 Å². The molecule has 0 aliphatic heterocycles. The summed E-state index contributed by atoms with van der Waals surface area (Å²) in [5, 5.41) is 24.2. The summed E-state index contributed by atoms with van der Waals surface area (Å²) in [4.78, 5) is 0. The molecule has 2 rings (SSSR count). The molecule has 0 amide bonds. The highest BCUT2D eigenvalue weighted by molar-refractivity contribution is 7.80. The van der Waals surface area contributed by atoms with Crippen molar-refractivity contribution in [3.05, 3.63) is 59.7 Å². The van der Waals surface area contributed by atoms with E-state index in [0.717, 1.165) is 0 Å². The van der Waals surface area contributed by atoms with E-state index in [2.05, 4.69) is 22.8 Å². The molecule has 0 heterocycles. The number of para-hydroxylation sites is 2. The highest BCUT2D eigenvalue weighted by Crippen LogP contribution is 2.16. The van der Waals surface area contributed by atoms with E-state index >= 15 is 0 Å². The third-order valence-electron chi connectivity index (χ3n) is 2.59. The van der Waals surface area contributed by atoms with Gasteiger partial charge < -0.3 is 10.6 Å². The molecule has 96 valence electrons. The van der Waals surface area contributed by atoms with E-state index in [9.17, 15) is 0 Å². The molecule has 4 nitrogen and oxygen atoms in total. The van der Waals surface area contributed by atoms with Crippen molar-refractivity contribution in [2.45, 2.75) is 0 Å². The largest absolute Gasteiger partial charge is 0.331 e. The number of anilines is 2. The quantitative estimate of drug-likeness (QED) is 0.825. The topological polar surface area (TPSA) is 71.6 Å². The Morgan fingerprint density at radius 1 is 0.800 bits per heavy atom. The number of rotatable bonds is 2. The average molecular weight is 278 g/mol. The highest BCUT2D eigenvalue weighted by atomic mass is 32.1. The lowest BCUT2D eigenvalue weighted by atomic mass is 10.2. The second kappa shape index (κ2) is 6.33. The van der Waals surface area contributed by atoms with E-state index in [1.165, 1.54) is 0 Å². The van der Waals surface area contributed by atoms with Crippen LogP contribution in [0.2, 0.25) is 0 Å². The minimum atomic E-state index is 0.329. The fraction of sp³-hybridized carbons (Fsp3) is 0. The van der Waals surface area contributed by atoms with E-state index in [0.29, 0.717) is 27.6 Å². The van der Waals surface area contributed by atoms with E-state index in [4.69, 9.17) is 22.7 Å². The number of benzene rings is 2. The molecule has 0 bridgehead atoms. The Bertz CT molecular complexity index is 664. The summed E-state index contributed by atoms with van der Waals surface area (Å²) in [6, 6.07) is 18.3. The van der Waals surface area contributed by atoms with Gasteiger partial charge in [0.05, 0.1) is 22.5 Å². The number of nitrogens with one attached hydrogen (secondary N) is 2. The molecule has 0 aliphatic rings. The molecule has 0 aliphatic carbocycles. The van der Waals surface area contributed by atoms with Crippen LogP contribution in [-0.2, 0) is 0 Å². The third kappa shape index (κ3) is 3.11. The zero-order chi connectivity index (χ0) is 14.4. The molecule has 0 fully saturated rings. The zero-order valence-electron chi connectivity index (χ0n) is 10.4. The van der Waals surface area contributed by atoms with Crippen molar-refractivity contribution in [3.63, 3.8) is 0 Å². The van der Waals surface area contributed by atoms with Crippen molar-refractivity contribution in [2.24, 2.45) is 0 Å². The van der Waals surface area contributed by atoms with Crippen molar-refractivity contribution < 1.29 is 0 Å². The highest BCUT2D eigenvalue weighted by Gasteiger charge is 2.05. The first kappa shape index (κ1) is 13.5. The fourth-order valence-corrected chi connectivity index (χ4v) is 1.88. The Morgan fingerprint density at radius 3 is 1.60 bits per heavy atom. The molecule has 0 unspecified atom stereocenters. The zero-order valence-corrected chi connectivity index (χ0v) is 11.2. The second-order valence-electron chi connectivity index (χ2n) is 3.89. The van der Waals surface area contributed by atoms with Crippen LogP contribution in [0.25, 0.3) is 0 Å². The van der Waals surface area contributed by atoms with Gasteiger partial charge >= 0.3 is 0 Å². The van der Waals surface area contributed by atoms with Gasteiger partial charge in [-0.25, -0.2) is 0 Å². The summed E-state index contributed by atoms with van der Waals surface area (Å²) in [6.45, 7) is 0. The van der Waals surface area contributed by atoms with Gasteiger partial charge in [-0.3, -0.25) is 0 Å². The summed E-state index contributed by atoms with van der Waals surface area (Å²) in [6.07, 6.45) is 0. The maximum absolute atomic E-state index is 9.01. The summed E-state index contributed by atoms with van der Waals surface area (Å²) in [7, 11) is 0. The van der Waals surface area contributed by atoms with Crippen LogP contribution in [-0.4, -0.2) is 5.11 Å². The number of nitriles is 2. The van der Waals surface area contributed by atoms with E-state index < -0.39 is 0 Å².